The molecule has 0 aliphatic rings. The van der Waals surface area contributed by atoms with Crippen LogP contribution in [0.15, 0.2) is 12.1 Å². The number of rotatable bonds is 6. The number of hydrogen-bond acceptors (Lipinski definition) is 3. The third-order valence-electron chi connectivity index (χ3n) is 3.31. The van der Waals surface area contributed by atoms with Gasteiger partial charge in [0.25, 0.3) is 0 Å². The highest BCUT2D eigenvalue weighted by Crippen LogP contribution is 2.16. The topological polar surface area (TPSA) is 30.5 Å². The Bertz CT molecular complexity index is 363. The lowest BCUT2D eigenvalue weighted by Gasteiger charge is -2.23. The van der Waals surface area contributed by atoms with Crippen LogP contribution >= 0.6 is 0 Å². The van der Waals surface area contributed by atoms with E-state index in [1.165, 1.54) is 22.3 Å². The number of benzene rings is 1. The van der Waals surface area contributed by atoms with Crippen molar-refractivity contribution in [3.05, 3.63) is 34.4 Å². The Morgan fingerprint density at radius 1 is 1.06 bits per heavy atom. The normalized spacial score (nSPS) is 13.1. The Kier molecular flexibility index (Phi) is 5.79. The summed E-state index contributed by atoms with van der Waals surface area (Å²) in [5.74, 6) is 0. The van der Waals surface area contributed by atoms with Gasteiger partial charge in [0.1, 0.15) is 0 Å². The van der Waals surface area contributed by atoms with E-state index in [-0.39, 0.29) is 12.3 Å². The van der Waals surface area contributed by atoms with E-state index >= 15 is 0 Å². The van der Waals surface area contributed by atoms with E-state index in [0.717, 1.165) is 6.54 Å². The third-order valence-corrected chi connectivity index (χ3v) is 3.31. The first-order chi connectivity index (χ1) is 8.49. The molecule has 0 aliphatic heterocycles. The van der Waals surface area contributed by atoms with Gasteiger partial charge in [-0.25, -0.2) is 0 Å². The standard InChI is InChI=1S/C15H25NO2/c1-10-7-11(2)14(12(3)8-10)9-16-13(4)15(17-5)18-6/h7-8,13,15-16H,9H2,1-6H3. The van der Waals surface area contributed by atoms with Crippen LogP contribution in [0.4, 0.5) is 0 Å². The molecule has 1 rings (SSSR count). The lowest BCUT2D eigenvalue weighted by molar-refractivity contribution is -0.119. The van der Waals surface area contributed by atoms with Crippen molar-refractivity contribution in [1.29, 1.82) is 0 Å². The van der Waals surface area contributed by atoms with Crippen molar-refractivity contribution in [2.45, 2.75) is 46.6 Å². The molecule has 1 atom stereocenters. The molecule has 0 radical (unpaired) electrons. The van der Waals surface area contributed by atoms with Crippen molar-refractivity contribution in [1.82, 2.24) is 5.32 Å². The van der Waals surface area contributed by atoms with E-state index in [4.69, 9.17) is 9.47 Å². The quantitative estimate of drug-likeness (QED) is 0.789. The molecule has 0 fully saturated rings. The predicted molar refractivity (Wildman–Crippen MR) is 74.8 cm³/mol. The lowest BCUT2D eigenvalue weighted by atomic mass is 9.99. The van der Waals surface area contributed by atoms with Gasteiger partial charge in [0.2, 0.25) is 0 Å². The fraction of sp³-hybridized carbons (Fsp3) is 0.600. The SMILES string of the molecule is COC(OC)C(C)NCc1c(C)cc(C)cc1C. The molecule has 0 aliphatic carbocycles. The van der Waals surface area contributed by atoms with Crippen LogP contribution in [-0.4, -0.2) is 26.6 Å². The second-order valence-corrected chi connectivity index (χ2v) is 4.89. The first kappa shape index (κ1) is 15.2. The smallest absolute Gasteiger partial charge is 0.171 e. The van der Waals surface area contributed by atoms with Crippen LogP contribution in [-0.2, 0) is 16.0 Å². The van der Waals surface area contributed by atoms with E-state index in [1.807, 2.05) is 0 Å². The predicted octanol–water partition coefficient (Wildman–Crippen LogP) is 2.71. The summed E-state index contributed by atoms with van der Waals surface area (Å²) in [6.07, 6.45) is -0.212. The third kappa shape index (κ3) is 3.80. The Morgan fingerprint density at radius 2 is 1.56 bits per heavy atom. The molecular formula is C15H25NO2. The second-order valence-electron chi connectivity index (χ2n) is 4.89. The van der Waals surface area contributed by atoms with E-state index < -0.39 is 0 Å². The molecule has 0 saturated carbocycles. The zero-order chi connectivity index (χ0) is 13.7. The number of methoxy groups -OCH3 is 2. The lowest BCUT2D eigenvalue weighted by Crippen LogP contribution is -2.39. The van der Waals surface area contributed by atoms with Crippen LogP contribution in [0, 0.1) is 20.8 Å². The minimum absolute atomic E-state index is 0.153. The highest BCUT2D eigenvalue weighted by molar-refractivity contribution is 5.37. The molecule has 0 saturated heterocycles. The van der Waals surface area contributed by atoms with Crippen molar-refractivity contribution < 1.29 is 9.47 Å². The summed E-state index contributed by atoms with van der Waals surface area (Å²) in [4.78, 5) is 0. The Balaban J connectivity index is 2.69. The van der Waals surface area contributed by atoms with Gasteiger partial charge in [0.15, 0.2) is 6.29 Å². The van der Waals surface area contributed by atoms with Gasteiger partial charge in [0.05, 0.1) is 6.04 Å². The molecule has 0 heterocycles. The molecule has 3 heteroatoms. The Labute approximate surface area is 110 Å². The second kappa shape index (κ2) is 6.88. The monoisotopic (exact) mass is 251 g/mol. The van der Waals surface area contributed by atoms with Gasteiger partial charge in [-0.1, -0.05) is 17.7 Å². The maximum atomic E-state index is 5.24. The van der Waals surface area contributed by atoms with E-state index in [9.17, 15) is 0 Å². The van der Waals surface area contributed by atoms with Gasteiger partial charge in [-0.2, -0.15) is 0 Å². The first-order valence-corrected chi connectivity index (χ1v) is 6.35. The Hall–Kier alpha value is -0.900. The molecular weight excluding hydrogens is 226 g/mol. The summed E-state index contributed by atoms with van der Waals surface area (Å²) < 4.78 is 10.5. The summed E-state index contributed by atoms with van der Waals surface area (Å²) in [6.45, 7) is 9.35. The Morgan fingerprint density at radius 3 is 2.00 bits per heavy atom. The summed E-state index contributed by atoms with van der Waals surface area (Å²) >= 11 is 0. The van der Waals surface area contributed by atoms with E-state index in [2.05, 4.69) is 45.1 Å². The van der Waals surface area contributed by atoms with Crippen LogP contribution in [0.3, 0.4) is 0 Å². The van der Waals surface area contributed by atoms with Crippen LogP contribution in [0.25, 0.3) is 0 Å². The zero-order valence-electron chi connectivity index (χ0n) is 12.3. The average molecular weight is 251 g/mol. The van der Waals surface area contributed by atoms with E-state index in [0.29, 0.717) is 0 Å². The van der Waals surface area contributed by atoms with E-state index in [1.54, 1.807) is 14.2 Å². The summed E-state index contributed by atoms with van der Waals surface area (Å²) in [6, 6.07) is 4.59. The van der Waals surface area contributed by atoms with Crippen LogP contribution in [0.1, 0.15) is 29.2 Å². The van der Waals surface area contributed by atoms with Crippen molar-refractivity contribution >= 4 is 0 Å². The molecule has 1 N–H and O–H groups in total. The summed E-state index contributed by atoms with van der Waals surface area (Å²) in [7, 11) is 3.32. The number of aryl methyl sites for hydroxylation is 3. The average Bonchev–Trinajstić information content (AvgIpc) is 2.29. The molecule has 1 unspecified atom stereocenters. The molecule has 0 amide bonds. The van der Waals surface area contributed by atoms with Crippen molar-refractivity contribution in [2.24, 2.45) is 0 Å². The molecule has 18 heavy (non-hydrogen) atoms. The molecule has 1 aromatic carbocycles. The van der Waals surface area contributed by atoms with Gasteiger partial charge < -0.3 is 14.8 Å². The first-order valence-electron chi connectivity index (χ1n) is 6.35. The van der Waals surface area contributed by atoms with Gasteiger partial charge in [-0.15, -0.1) is 0 Å². The number of nitrogens with one attached hydrogen (secondary N) is 1. The van der Waals surface area contributed by atoms with Gasteiger partial charge >= 0.3 is 0 Å². The molecule has 3 nitrogen and oxygen atoms in total. The fourth-order valence-electron chi connectivity index (χ4n) is 2.35. The molecule has 0 aromatic heterocycles. The van der Waals surface area contributed by atoms with Crippen LogP contribution in [0.5, 0.6) is 0 Å². The maximum absolute atomic E-state index is 5.24. The largest absolute Gasteiger partial charge is 0.354 e. The molecule has 0 bridgehead atoms. The van der Waals surface area contributed by atoms with Crippen LogP contribution < -0.4 is 5.32 Å². The van der Waals surface area contributed by atoms with Crippen molar-refractivity contribution in [3.8, 4) is 0 Å². The summed E-state index contributed by atoms with van der Waals surface area (Å²) in [5, 5.41) is 3.45. The highest BCUT2D eigenvalue weighted by Gasteiger charge is 2.15. The minimum atomic E-state index is -0.212. The summed E-state index contributed by atoms with van der Waals surface area (Å²) in [5.41, 5.74) is 5.34. The maximum Gasteiger partial charge on any atom is 0.171 e. The van der Waals surface area contributed by atoms with Crippen LogP contribution in [0.2, 0.25) is 0 Å². The number of ether oxygens (including phenoxy) is 2. The highest BCUT2D eigenvalue weighted by atomic mass is 16.7. The van der Waals surface area contributed by atoms with Crippen molar-refractivity contribution in [2.75, 3.05) is 14.2 Å². The number of hydrogen-bond donors (Lipinski definition) is 1. The van der Waals surface area contributed by atoms with Gasteiger partial charge in [-0.05, 0) is 44.4 Å². The van der Waals surface area contributed by atoms with Gasteiger partial charge in [-0.3, -0.25) is 0 Å². The van der Waals surface area contributed by atoms with Crippen molar-refractivity contribution in [3.63, 3.8) is 0 Å². The molecule has 1 aromatic rings. The molecule has 102 valence electrons. The minimum Gasteiger partial charge on any atom is -0.354 e. The molecule has 0 spiro atoms. The fourth-order valence-corrected chi connectivity index (χ4v) is 2.35. The zero-order valence-corrected chi connectivity index (χ0v) is 12.3. The van der Waals surface area contributed by atoms with Gasteiger partial charge in [0, 0.05) is 20.8 Å².